The fraction of sp³-hybridized carbons (Fsp3) is 0.133. The number of anilines is 1. The fourth-order valence-corrected chi connectivity index (χ4v) is 2.52. The molecule has 0 saturated carbocycles. The molecule has 1 heterocycles. The van der Waals surface area contributed by atoms with Crippen molar-refractivity contribution in [2.45, 2.75) is 6.92 Å². The van der Waals surface area contributed by atoms with E-state index in [0.29, 0.717) is 28.6 Å². The van der Waals surface area contributed by atoms with Crippen LogP contribution in [0.1, 0.15) is 6.92 Å². The number of nitrogens with zero attached hydrogens (tertiary/aromatic N) is 2. The van der Waals surface area contributed by atoms with Crippen LogP contribution in [0.5, 0.6) is 5.75 Å². The first-order valence-corrected chi connectivity index (χ1v) is 6.84. The first-order valence-electron chi connectivity index (χ1n) is 6.46. The van der Waals surface area contributed by atoms with Gasteiger partial charge in [0.05, 0.1) is 17.8 Å². The summed E-state index contributed by atoms with van der Waals surface area (Å²) in [5.74, 6) is 0.460. The van der Waals surface area contributed by atoms with E-state index in [-0.39, 0.29) is 5.95 Å². The van der Waals surface area contributed by atoms with Gasteiger partial charge < -0.3 is 10.5 Å². The first kappa shape index (κ1) is 13.7. The second-order valence-electron chi connectivity index (χ2n) is 4.49. The van der Waals surface area contributed by atoms with Crippen molar-refractivity contribution >= 4 is 28.6 Å². The molecule has 0 spiro atoms. The van der Waals surface area contributed by atoms with Crippen molar-refractivity contribution in [2.75, 3.05) is 12.3 Å². The quantitative estimate of drug-likeness (QED) is 0.801. The van der Waals surface area contributed by atoms with Crippen LogP contribution in [0.15, 0.2) is 36.4 Å². The predicted octanol–water partition coefficient (Wildman–Crippen LogP) is 3.80. The number of benzene rings is 2. The van der Waals surface area contributed by atoms with Crippen molar-refractivity contribution in [3.05, 3.63) is 47.2 Å². The smallest absolute Gasteiger partial charge is 0.206 e. The van der Waals surface area contributed by atoms with E-state index >= 15 is 0 Å². The lowest BCUT2D eigenvalue weighted by Gasteiger charge is -2.08. The molecule has 0 amide bonds. The highest BCUT2D eigenvalue weighted by Gasteiger charge is 2.14. The molecule has 0 atom stereocenters. The van der Waals surface area contributed by atoms with E-state index in [2.05, 4.69) is 4.98 Å². The number of nitrogen functional groups attached to an aromatic ring is 1. The van der Waals surface area contributed by atoms with Crippen molar-refractivity contribution in [1.29, 1.82) is 0 Å². The van der Waals surface area contributed by atoms with Gasteiger partial charge in [-0.1, -0.05) is 17.7 Å². The molecular weight excluding hydrogens is 293 g/mol. The third kappa shape index (κ3) is 2.40. The second kappa shape index (κ2) is 5.26. The lowest BCUT2D eigenvalue weighted by molar-refractivity contribution is 0.344. The number of aromatic nitrogens is 2. The lowest BCUT2D eigenvalue weighted by Crippen LogP contribution is -2.01. The summed E-state index contributed by atoms with van der Waals surface area (Å²) in [7, 11) is 0. The second-order valence-corrected chi connectivity index (χ2v) is 4.93. The van der Waals surface area contributed by atoms with E-state index in [1.165, 1.54) is 12.1 Å². The Kier molecular flexibility index (Phi) is 3.43. The van der Waals surface area contributed by atoms with Gasteiger partial charge in [0, 0.05) is 5.02 Å². The molecule has 0 fully saturated rings. The third-order valence-corrected chi connectivity index (χ3v) is 3.30. The summed E-state index contributed by atoms with van der Waals surface area (Å²) in [6.07, 6.45) is 0. The van der Waals surface area contributed by atoms with E-state index in [0.717, 1.165) is 5.52 Å². The Morgan fingerprint density at radius 1 is 1.33 bits per heavy atom. The summed E-state index contributed by atoms with van der Waals surface area (Å²) in [6, 6.07) is 9.74. The van der Waals surface area contributed by atoms with Crippen LogP contribution >= 0.6 is 11.6 Å². The van der Waals surface area contributed by atoms with Gasteiger partial charge >= 0.3 is 0 Å². The van der Waals surface area contributed by atoms with Crippen molar-refractivity contribution in [1.82, 2.24) is 9.55 Å². The summed E-state index contributed by atoms with van der Waals surface area (Å²) in [5.41, 5.74) is 7.88. The fourth-order valence-electron chi connectivity index (χ4n) is 2.30. The van der Waals surface area contributed by atoms with Crippen LogP contribution in [0.3, 0.4) is 0 Å². The molecule has 108 valence electrons. The minimum Gasteiger partial charge on any atom is -0.492 e. The monoisotopic (exact) mass is 305 g/mol. The maximum atomic E-state index is 13.6. The Bertz CT molecular complexity index is 796. The molecule has 21 heavy (non-hydrogen) atoms. The van der Waals surface area contributed by atoms with Crippen LogP contribution in [-0.4, -0.2) is 16.2 Å². The van der Waals surface area contributed by atoms with Crippen molar-refractivity contribution in [3.63, 3.8) is 0 Å². The molecule has 4 nitrogen and oxygen atoms in total. The zero-order valence-corrected chi connectivity index (χ0v) is 12.1. The lowest BCUT2D eigenvalue weighted by atomic mass is 10.2. The van der Waals surface area contributed by atoms with Crippen LogP contribution in [0.2, 0.25) is 5.02 Å². The molecule has 3 aromatic rings. The number of nitrogens with two attached hydrogens (primary N) is 1. The van der Waals surface area contributed by atoms with Crippen LogP contribution in [0.25, 0.3) is 16.7 Å². The van der Waals surface area contributed by atoms with Crippen LogP contribution in [0, 0.1) is 5.82 Å². The molecule has 2 N–H and O–H groups in total. The van der Waals surface area contributed by atoms with Crippen LogP contribution in [0.4, 0.5) is 10.3 Å². The van der Waals surface area contributed by atoms with Gasteiger partial charge in [-0.3, -0.25) is 4.57 Å². The number of para-hydroxylation sites is 1. The average molecular weight is 306 g/mol. The summed E-state index contributed by atoms with van der Waals surface area (Å²) in [6.45, 7) is 2.42. The minimum absolute atomic E-state index is 0.249. The Balaban J connectivity index is 2.27. The highest BCUT2D eigenvalue weighted by Crippen LogP contribution is 2.30. The zero-order chi connectivity index (χ0) is 15.0. The van der Waals surface area contributed by atoms with Gasteiger partial charge in [0.1, 0.15) is 17.1 Å². The van der Waals surface area contributed by atoms with Crippen molar-refractivity contribution in [3.8, 4) is 11.4 Å². The van der Waals surface area contributed by atoms with Crippen molar-refractivity contribution in [2.24, 2.45) is 0 Å². The maximum absolute atomic E-state index is 13.6. The minimum atomic E-state index is -0.431. The Hall–Kier alpha value is -2.27. The number of imidazole rings is 1. The molecule has 0 unspecified atom stereocenters. The summed E-state index contributed by atoms with van der Waals surface area (Å²) >= 11 is 5.91. The van der Waals surface area contributed by atoms with Gasteiger partial charge in [0.2, 0.25) is 5.95 Å². The normalized spacial score (nSPS) is 11.0. The highest BCUT2D eigenvalue weighted by atomic mass is 35.5. The summed E-state index contributed by atoms with van der Waals surface area (Å²) < 4.78 is 20.8. The van der Waals surface area contributed by atoms with Crippen LogP contribution in [-0.2, 0) is 0 Å². The highest BCUT2D eigenvalue weighted by molar-refractivity contribution is 6.30. The van der Waals surface area contributed by atoms with E-state index < -0.39 is 5.82 Å². The van der Waals surface area contributed by atoms with Gasteiger partial charge in [-0.05, 0) is 37.3 Å². The number of halogens is 2. The number of fused-ring (bicyclic) bond motifs is 1. The maximum Gasteiger partial charge on any atom is 0.206 e. The van der Waals surface area contributed by atoms with Gasteiger partial charge in [-0.25, -0.2) is 9.37 Å². The topological polar surface area (TPSA) is 53.1 Å². The Morgan fingerprint density at radius 3 is 2.86 bits per heavy atom. The van der Waals surface area contributed by atoms with E-state index in [1.54, 1.807) is 10.6 Å². The molecule has 2 aromatic carbocycles. The average Bonchev–Trinajstić information content (AvgIpc) is 2.75. The van der Waals surface area contributed by atoms with Gasteiger partial charge in [-0.15, -0.1) is 0 Å². The Morgan fingerprint density at radius 2 is 2.14 bits per heavy atom. The number of ether oxygens (including phenoxy) is 1. The standard InChI is InChI=1S/C15H13ClFN3O/c1-2-21-13-5-3-4-12-14(13)19-15(18)20(12)11-7-9(16)6-10(17)8-11/h3-8H,2H2,1H3,(H2,18,19). The van der Waals surface area contributed by atoms with E-state index in [4.69, 9.17) is 22.1 Å². The van der Waals surface area contributed by atoms with Gasteiger partial charge in [0.15, 0.2) is 0 Å². The Labute approximate surface area is 125 Å². The van der Waals surface area contributed by atoms with Crippen LogP contribution < -0.4 is 10.5 Å². The largest absolute Gasteiger partial charge is 0.492 e. The molecule has 0 radical (unpaired) electrons. The first-order chi connectivity index (χ1) is 10.1. The number of hydrogen-bond donors (Lipinski definition) is 1. The molecule has 0 bridgehead atoms. The van der Waals surface area contributed by atoms with E-state index in [1.807, 2.05) is 25.1 Å². The molecule has 6 heteroatoms. The zero-order valence-electron chi connectivity index (χ0n) is 11.3. The molecule has 0 aliphatic rings. The molecule has 3 rings (SSSR count). The molecule has 0 aliphatic heterocycles. The van der Waals surface area contributed by atoms with Gasteiger partial charge in [0.25, 0.3) is 0 Å². The number of rotatable bonds is 3. The molecule has 0 aliphatic carbocycles. The predicted molar refractivity (Wildman–Crippen MR) is 81.6 cm³/mol. The third-order valence-electron chi connectivity index (χ3n) is 3.08. The summed E-state index contributed by atoms with van der Waals surface area (Å²) in [4.78, 5) is 4.32. The molecular formula is C15H13ClFN3O. The number of hydrogen-bond acceptors (Lipinski definition) is 3. The molecule has 1 aromatic heterocycles. The van der Waals surface area contributed by atoms with E-state index in [9.17, 15) is 4.39 Å². The van der Waals surface area contributed by atoms with Crippen molar-refractivity contribution < 1.29 is 9.13 Å². The van der Waals surface area contributed by atoms with Gasteiger partial charge in [-0.2, -0.15) is 0 Å². The molecule has 0 saturated heterocycles. The summed E-state index contributed by atoms with van der Waals surface area (Å²) in [5, 5.41) is 0.298. The SMILES string of the molecule is CCOc1cccc2c1nc(N)n2-c1cc(F)cc(Cl)c1.